The van der Waals surface area contributed by atoms with Gasteiger partial charge in [-0.2, -0.15) is 5.10 Å². The molecule has 0 radical (unpaired) electrons. The molecule has 0 saturated carbocycles. The van der Waals surface area contributed by atoms with Crippen LogP contribution in [-0.2, 0) is 17.8 Å². The molecular weight excluding hydrogens is 352 g/mol. The second kappa shape index (κ2) is 8.04. The number of nitrogens with zero attached hydrogens (tertiary/aromatic N) is 4. The van der Waals surface area contributed by atoms with Gasteiger partial charge in [-0.3, -0.25) is 4.79 Å². The van der Waals surface area contributed by atoms with Crippen molar-refractivity contribution in [2.45, 2.75) is 32.7 Å². The van der Waals surface area contributed by atoms with Crippen LogP contribution in [-0.4, -0.2) is 31.6 Å². The smallest absolute Gasteiger partial charge is 0.240 e. The number of aryl methyl sites for hydroxylation is 1. The minimum atomic E-state index is -0.0809. The molecule has 0 saturated heterocycles. The Balaban J connectivity index is 1.27. The third-order valence-corrected chi connectivity index (χ3v) is 4.70. The van der Waals surface area contributed by atoms with Crippen LogP contribution < -0.4 is 5.43 Å². The molecule has 142 valence electrons. The number of para-hydroxylation sites is 2. The lowest BCUT2D eigenvalue weighted by molar-refractivity contribution is -0.121. The van der Waals surface area contributed by atoms with Gasteiger partial charge >= 0.3 is 0 Å². The first-order chi connectivity index (χ1) is 13.7. The van der Waals surface area contributed by atoms with Crippen LogP contribution in [0.3, 0.4) is 0 Å². The van der Waals surface area contributed by atoms with E-state index in [0.29, 0.717) is 13.0 Å². The molecule has 2 aromatic heterocycles. The zero-order chi connectivity index (χ0) is 19.3. The Labute approximate surface area is 162 Å². The minimum absolute atomic E-state index is 0.0809. The molecule has 0 aliphatic carbocycles. The lowest BCUT2D eigenvalue weighted by Gasteiger charge is -2.04. The van der Waals surface area contributed by atoms with Crippen molar-refractivity contribution in [3.63, 3.8) is 0 Å². The fraction of sp³-hybridized carbons (Fsp3) is 0.238. The topological polar surface area (TPSA) is 88.0 Å². The Morgan fingerprint density at radius 2 is 2.00 bits per heavy atom. The maximum absolute atomic E-state index is 12.1. The number of nitrogens with one attached hydrogen (secondary N) is 2. The number of carbonyl (C=O) groups excluding carboxylic acids is 1. The number of carbonyl (C=O) groups is 1. The van der Waals surface area contributed by atoms with E-state index < -0.39 is 0 Å². The van der Waals surface area contributed by atoms with Crippen LogP contribution in [0.25, 0.3) is 21.9 Å². The summed E-state index contributed by atoms with van der Waals surface area (Å²) in [6.07, 6.45) is 4.08. The highest BCUT2D eigenvalue weighted by molar-refractivity contribution is 5.86. The third-order valence-electron chi connectivity index (χ3n) is 4.70. The minimum Gasteiger partial charge on any atom is -0.361 e. The van der Waals surface area contributed by atoms with E-state index in [-0.39, 0.29) is 5.91 Å². The van der Waals surface area contributed by atoms with Crippen LogP contribution in [0.4, 0.5) is 0 Å². The van der Waals surface area contributed by atoms with Crippen LogP contribution >= 0.6 is 0 Å². The van der Waals surface area contributed by atoms with E-state index in [1.807, 2.05) is 49.5 Å². The van der Waals surface area contributed by atoms with Crippen molar-refractivity contribution < 1.29 is 4.79 Å². The van der Waals surface area contributed by atoms with E-state index in [2.05, 4.69) is 38.0 Å². The number of amides is 1. The van der Waals surface area contributed by atoms with Gasteiger partial charge in [0.1, 0.15) is 5.52 Å². The van der Waals surface area contributed by atoms with Gasteiger partial charge in [0, 0.05) is 23.5 Å². The maximum atomic E-state index is 12.1. The normalized spacial score (nSPS) is 12.0. The first-order valence-electron chi connectivity index (χ1n) is 9.36. The van der Waals surface area contributed by atoms with Crippen LogP contribution in [0.2, 0.25) is 0 Å². The third kappa shape index (κ3) is 3.93. The number of H-pyrrole nitrogens is 1. The highest BCUT2D eigenvalue weighted by Crippen LogP contribution is 2.19. The summed E-state index contributed by atoms with van der Waals surface area (Å²) in [5.74, 6) is -0.0809. The largest absolute Gasteiger partial charge is 0.361 e. The van der Waals surface area contributed by atoms with Crippen LogP contribution in [0.1, 0.15) is 25.3 Å². The number of rotatable bonds is 7. The fourth-order valence-corrected chi connectivity index (χ4v) is 3.28. The predicted octanol–water partition coefficient (Wildman–Crippen LogP) is 3.43. The fourth-order valence-electron chi connectivity index (χ4n) is 3.28. The molecule has 2 aromatic carbocycles. The second-order valence-electron chi connectivity index (χ2n) is 6.83. The van der Waals surface area contributed by atoms with Gasteiger partial charge in [0.05, 0.1) is 17.8 Å². The molecule has 0 spiro atoms. The van der Waals surface area contributed by atoms with Gasteiger partial charge in [-0.25, -0.2) is 10.1 Å². The summed E-state index contributed by atoms with van der Waals surface area (Å²) in [5, 5.41) is 13.7. The van der Waals surface area contributed by atoms with Gasteiger partial charge in [0.15, 0.2) is 0 Å². The molecule has 7 nitrogen and oxygen atoms in total. The van der Waals surface area contributed by atoms with Crippen molar-refractivity contribution in [1.29, 1.82) is 0 Å². The van der Waals surface area contributed by atoms with Crippen molar-refractivity contribution in [3.05, 3.63) is 60.3 Å². The lowest BCUT2D eigenvalue weighted by Crippen LogP contribution is -2.20. The Bertz CT molecular complexity index is 1140. The van der Waals surface area contributed by atoms with Gasteiger partial charge in [-0.1, -0.05) is 35.5 Å². The average molecular weight is 374 g/mol. The van der Waals surface area contributed by atoms with Crippen molar-refractivity contribution >= 4 is 33.6 Å². The van der Waals surface area contributed by atoms with Gasteiger partial charge in [0.2, 0.25) is 5.91 Å². The summed E-state index contributed by atoms with van der Waals surface area (Å²) in [5.41, 5.74) is 7.56. The standard InChI is InChI=1S/C21H22N6O/c1-15(14-27-20-11-5-4-10-19(20)24-26-27)23-25-21(28)12-6-7-16-13-22-18-9-3-2-8-17(16)18/h2-5,8-11,13,22H,6-7,12,14H2,1H3,(H,25,28)/b23-15-. The van der Waals surface area contributed by atoms with Crippen molar-refractivity contribution in [2.75, 3.05) is 0 Å². The number of hydrazone groups is 1. The lowest BCUT2D eigenvalue weighted by atomic mass is 10.1. The molecule has 0 bridgehead atoms. The summed E-state index contributed by atoms with van der Waals surface area (Å²) in [6, 6.07) is 16.0. The van der Waals surface area contributed by atoms with Crippen LogP contribution in [0.5, 0.6) is 0 Å². The number of fused-ring (bicyclic) bond motifs is 2. The van der Waals surface area contributed by atoms with Crippen molar-refractivity contribution in [3.8, 4) is 0 Å². The molecule has 2 N–H and O–H groups in total. The van der Waals surface area contributed by atoms with Crippen LogP contribution in [0.15, 0.2) is 59.8 Å². The molecule has 0 aliphatic rings. The summed E-state index contributed by atoms with van der Waals surface area (Å²) in [4.78, 5) is 15.4. The Morgan fingerprint density at radius 1 is 1.18 bits per heavy atom. The van der Waals surface area contributed by atoms with Crippen molar-refractivity contribution in [2.24, 2.45) is 5.10 Å². The molecule has 1 amide bonds. The Hall–Kier alpha value is -3.48. The number of aromatic amines is 1. The molecule has 28 heavy (non-hydrogen) atoms. The number of hydrogen-bond donors (Lipinski definition) is 2. The maximum Gasteiger partial charge on any atom is 0.240 e. The first-order valence-corrected chi connectivity index (χ1v) is 9.36. The quantitative estimate of drug-likeness (QED) is 0.384. The Kier molecular flexibility index (Phi) is 5.14. The summed E-state index contributed by atoms with van der Waals surface area (Å²) in [6.45, 7) is 2.35. The molecule has 0 aliphatic heterocycles. The molecule has 7 heteroatoms. The molecular formula is C21H22N6O. The number of benzene rings is 2. The molecule has 0 atom stereocenters. The zero-order valence-corrected chi connectivity index (χ0v) is 15.7. The zero-order valence-electron chi connectivity index (χ0n) is 15.7. The number of hydrogen-bond acceptors (Lipinski definition) is 4. The predicted molar refractivity (Wildman–Crippen MR) is 110 cm³/mol. The first kappa shape index (κ1) is 17.9. The highest BCUT2D eigenvalue weighted by Gasteiger charge is 2.07. The van der Waals surface area contributed by atoms with Gasteiger partial charge in [-0.15, -0.1) is 5.10 Å². The van der Waals surface area contributed by atoms with Crippen molar-refractivity contribution in [1.82, 2.24) is 25.4 Å². The van der Waals surface area contributed by atoms with E-state index >= 15 is 0 Å². The summed E-state index contributed by atoms with van der Waals surface area (Å²) < 4.78 is 1.78. The second-order valence-corrected chi connectivity index (χ2v) is 6.83. The number of aromatic nitrogens is 4. The van der Waals surface area contributed by atoms with Gasteiger partial charge < -0.3 is 4.98 Å². The van der Waals surface area contributed by atoms with E-state index in [4.69, 9.17) is 0 Å². The monoisotopic (exact) mass is 374 g/mol. The van der Waals surface area contributed by atoms with Crippen LogP contribution in [0, 0.1) is 0 Å². The molecule has 4 rings (SSSR count). The molecule has 0 fully saturated rings. The Morgan fingerprint density at radius 3 is 2.93 bits per heavy atom. The van der Waals surface area contributed by atoms with Gasteiger partial charge in [0.25, 0.3) is 0 Å². The summed E-state index contributed by atoms with van der Waals surface area (Å²) >= 11 is 0. The SMILES string of the molecule is C/C(Cn1nnc2ccccc21)=N/NC(=O)CCCc1c[nH]c2ccccc12. The van der Waals surface area contributed by atoms with Gasteiger partial charge in [-0.05, 0) is 43.5 Å². The highest BCUT2D eigenvalue weighted by atomic mass is 16.2. The summed E-state index contributed by atoms with van der Waals surface area (Å²) in [7, 11) is 0. The molecule has 4 aromatic rings. The molecule has 0 unspecified atom stereocenters. The van der Waals surface area contributed by atoms with E-state index in [0.717, 1.165) is 35.1 Å². The van der Waals surface area contributed by atoms with E-state index in [9.17, 15) is 4.79 Å². The van der Waals surface area contributed by atoms with E-state index in [1.54, 1.807) is 4.68 Å². The average Bonchev–Trinajstić information content (AvgIpc) is 3.31. The van der Waals surface area contributed by atoms with E-state index in [1.165, 1.54) is 10.9 Å². The molecule has 2 heterocycles.